The van der Waals surface area contributed by atoms with Gasteiger partial charge < -0.3 is 14.9 Å². The second-order valence-corrected chi connectivity index (χ2v) is 9.60. The third kappa shape index (κ3) is 4.82. The molecule has 1 aromatic carbocycles. The van der Waals surface area contributed by atoms with Crippen molar-refractivity contribution >= 4 is 21.6 Å². The van der Waals surface area contributed by atoms with E-state index in [2.05, 4.69) is 16.5 Å². The lowest BCUT2D eigenvalue weighted by atomic mass is 9.94. The maximum absolute atomic E-state index is 12.5. The van der Waals surface area contributed by atoms with Gasteiger partial charge >= 0.3 is 0 Å². The molecule has 0 radical (unpaired) electrons. The number of piperidine rings is 1. The van der Waals surface area contributed by atoms with Crippen LogP contribution in [0.15, 0.2) is 29.2 Å². The summed E-state index contributed by atoms with van der Waals surface area (Å²) in [6.07, 6.45) is -0.0487. The topological polar surface area (TPSA) is 99.1 Å². The summed E-state index contributed by atoms with van der Waals surface area (Å²) in [7, 11) is -3.72. The minimum Gasteiger partial charge on any atom is -0.394 e. The van der Waals surface area contributed by atoms with E-state index in [1.807, 2.05) is 0 Å². The third-order valence-electron chi connectivity index (χ3n) is 5.48. The first-order chi connectivity index (χ1) is 12.8. The molecule has 4 atom stereocenters. The molecule has 1 aromatic rings. The zero-order valence-corrected chi connectivity index (χ0v) is 16.9. The summed E-state index contributed by atoms with van der Waals surface area (Å²) < 4.78 is 33.4. The van der Waals surface area contributed by atoms with E-state index in [0.29, 0.717) is 10.9 Å². The molecule has 152 valence electrons. The van der Waals surface area contributed by atoms with E-state index < -0.39 is 28.3 Å². The van der Waals surface area contributed by atoms with Crippen molar-refractivity contribution in [2.75, 3.05) is 26.2 Å². The van der Waals surface area contributed by atoms with Gasteiger partial charge in [-0.3, -0.25) is 4.90 Å². The van der Waals surface area contributed by atoms with Crippen LogP contribution in [0.4, 0.5) is 0 Å². The Bertz CT molecular complexity index is 722. The Morgan fingerprint density at radius 2 is 1.85 bits per heavy atom. The summed E-state index contributed by atoms with van der Waals surface area (Å²) in [4.78, 5) is 2.27. The fourth-order valence-electron chi connectivity index (χ4n) is 3.81. The van der Waals surface area contributed by atoms with Gasteiger partial charge in [0.25, 0.3) is 0 Å². The van der Waals surface area contributed by atoms with Crippen molar-refractivity contribution in [3.63, 3.8) is 0 Å². The van der Waals surface area contributed by atoms with Crippen LogP contribution in [0.5, 0.6) is 0 Å². The van der Waals surface area contributed by atoms with Crippen LogP contribution in [-0.4, -0.2) is 74.1 Å². The van der Waals surface area contributed by atoms with Crippen LogP contribution in [0.25, 0.3) is 0 Å². The van der Waals surface area contributed by atoms with E-state index in [0.717, 1.165) is 25.9 Å². The number of nitrogens with zero attached hydrogens (tertiary/aromatic N) is 1. The largest absolute Gasteiger partial charge is 0.394 e. The van der Waals surface area contributed by atoms with Crippen molar-refractivity contribution in [3.8, 4) is 0 Å². The molecule has 3 rings (SSSR count). The molecule has 9 heteroatoms. The maximum Gasteiger partial charge on any atom is 0.240 e. The number of ether oxygens (including phenoxy) is 1. The monoisotopic (exact) mass is 418 g/mol. The first-order valence-electron chi connectivity index (χ1n) is 9.25. The zero-order valence-electron chi connectivity index (χ0n) is 15.3. The number of sulfonamides is 1. The van der Waals surface area contributed by atoms with Gasteiger partial charge in [0.1, 0.15) is 12.2 Å². The summed E-state index contributed by atoms with van der Waals surface area (Å²) in [5.74, 6) is 0.635. The maximum atomic E-state index is 12.5. The standard InChI is InChI=1S/C18H27ClN2O5S/c1-12-6-8-21(9-7-12)17-15(26-16(11-22)18(17)23)10-20-27(24,25)14-4-2-13(19)3-5-14/h2-5,12,15-18,20,22-23H,6-11H2,1H3. The van der Waals surface area contributed by atoms with Gasteiger partial charge in [0.05, 0.1) is 23.6 Å². The second kappa shape index (κ2) is 8.73. The molecule has 0 aliphatic carbocycles. The molecule has 4 unspecified atom stereocenters. The summed E-state index contributed by atoms with van der Waals surface area (Å²) in [6, 6.07) is 5.57. The molecule has 0 bridgehead atoms. The molecular formula is C18H27ClN2O5S. The van der Waals surface area contributed by atoms with Gasteiger partial charge in [-0.1, -0.05) is 18.5 Å². The third-order valence-corrected chi connectivity index (χ3v) is 7.17. The highest BCUT2D eigenvalue weighted by molar-refractivity contribution is 7.89. The van der Waals surface area contributed by atoms with Crippen LogP contribution in [0, 0.1) is 5.92 Å². The molecule has 0 amide bonds. The fourth-order valence-corrected chi connectivity index (χ4v) is 4.98. The van der Waals surface area contributed by atoms with Crippen LogP contribution < -0.4 is 4.72 Å². The van der Waals surface area contributed by atoms with Crippen molar-refractivity contribution in [1.29, 1.82) is 0 Å². The summed E-state index contributed by atoms with van der Waals surface area (Å²) in [5, 5.41) is 20.5. The number of benzene rings is 1. The highest BCUT2D eigenvalue weighted by atomic mass is 35.5. The Morgan fingerprint density at radius 3 is 2.44 bits per heavy atom. The first-order valence-corrected chi connectivity index (χ1v) is 11.1. The SMILES string of the molecule is CC1CCN(C2C(CNS(=O)(=O)c3ccc(Cl)cc3)OC(CO)C2O)CC1. The van der Waals surface area contributed by atoms with Crippen molar-refractivity contribution < 1.29 is 23.4 Å². The lowest BCUT2D eigenvalue weighted by molar-refractivity contribution is -0.0201. The molecule has 2 aliphatic heterocycles. The van der Waals surface area contributed by atoms with Crippen LogP contribution >= 0.6 is 11.6 Å². The van der Waals surface area contributed by atoms with Crippen molar-refractivity contribution in [3.05, 3.63) is 29.3 Å². The molecule has 2 aliphatic rings. The Kier molecular flexibility index (Phi) is 6.79. The van der Waals surface area contributed by atoms with E-state index >= 15 is 0 Å². The summed E-state index contributed by atoms with van der Waals surface area (Å²) in [5.41, 5.74) is 0. The molecular weight excluding hydrogens is 392 g/mol. The number of likely N-dealkylation sites (tertiary alicyclic amines) is 1. The van der Waals surface area contributed by atoms with Crippen LogP contribution in [0.3, 0.4) is 0 Å². The Labute approximate surface area is 165 Å². The normalized spacial score (nSPS) is 30.7. The van der Waals surface area contributed by atoms with E-state index in [1.54, 1.807) is 0 Å². The molecule has 27 heavy (non-hydrogen) atoms. The van der Waals surface area contributed by atoms with E-state index in [1.165, 1.54) is 24.3 Å². The fraction of sp³-hybridized carbons (Fsp3) is 0.667. The number of rotatable bonds is 6. The van der Waals surface area contributed by atoms with Gasteiger partial charge in [-0.2, -0.15) is 0 Å². The molecule has 2 saturated heterocycles. The molecule has 0 saturated carbocycles. The van der Waals surface area contributed by atoms with Gasteiger partial charge in [-0.15, -0.1) is 0 Å². The zero-order chi connectivity index (χ0) is 19.6. The number of hydrogen-bond acceptors (Lipinski definition) is 6. The van der Waals surface area contributed by atoms with Crippen LogP contribution in [0.2, 0.25) is 5.02 Å². The molecule has 0 aromatic heterocycles. The highest BCUT2D eigenvalue weighted by Crippen LogP contribution is 2.29. The van der Waals surface area contributed by atoms with Crippen LogP contribution in [-0.2, 0) is 14.8 Å². The number of aliphatic hydroxyl groups is 2. The highest BCUT2D eigenvalue weighted by Gasteiger charge is 2.46. The molecule has 3 N–H and O–H groups in total. The van der Waals surface area contributed by atoms with Gasteiger partial charge in [0.2, 0.25) is 10.0 Å². The second-order valence-electron chi connectivity index (χ2n) is 7.40. The minimum absolute atomic E-state index is 0.0231. The number of halogens is 1. The van der Waals surface area contributed by atoms with Crippen molar-refractivity contribution in [1.82, 2.24) is 9.62 Å². The Morgan fingerprint density at radius 1 is 1.22 bits per heavy atom. The molecule has 2 heterocycles. The van der Waals surface area contributed by atoms with Gasteiger partial charge in [0, 0.05) is 11.6 Å². The van der Waals surface area contributed by atoms with Gasteiger partial charge in [-0.05, 0) is 56.1 Å². The number of aliphatic hydroxyl groups excluding tert-OH is 2. The van der Waals surface area contributed by atoms with Crippen molar-refractivity contribution in [2.24, 2.45) is 5.92 Å². The van der Waals surface area contributed by atoms with Crippen LogP contribution in [0.1, 0.15) is 19.8 Å². The first kappa shape index (κ1) is 21.0. The van der Waals surface area contributed by atoms with E-state index in [9.17, 15) is 18.6 Å². The predicted octanol–water partition coefficient (Wildman–Crippen LogP) is 0.839. The smallest absolute Gasteiger partial charge is 0.240 e. The average molecular weight is 419 g/mol. The molecule has 2 fully saturated rings. The summed E-state index contributed by atoms with van der Waals surface area (Å²) in [6.45, 7) is 3.57. The quantitative estimate of drug-likeness (QED) is 0.633. The Balaban J connectivity index is 1.70. The molecule has 0 spiro atoms. The summed E-state index contributed by atoms with van der Waals surface area (Å²) >= 11 is 5.81. The van der Waals surface area contributed by atoms with E-state index in [4.69, 9.17) is 16.3 Å². The molecule has 7 nitrogen and oxygen atoms in total. The number of hydrogen-bond donors (Lipinski definition) is 3. The van der Waals surface area contributed by atoms with Gasteiger partial charge in [-0.25, -0.2) is 13.1 Å². The predicted molar refractivity (Wildman–Crippen MR) is 102 cm³/mol. The average Bonchev–Trinajstić information content (AvgIpc) is 2.97. The lowest BCUT2D eigenvalue weighted by Gasteiger charge is -2.38. The van der Waals surface area contributed by atoms with E-state index in [-0.39, 0.29) is 24.1 Å². The number of nitrogens with one attached hydrogen (secondary N) is 1. The lowest BCUT2D eigenvalue weighted by Crippen LogP contribution is -2.53. The van der Waals surface area contributed by atoms with Gasteiger partial charge in [0.15, 0.2) is 0 Å². The minimum atomic E-state index is -3.72. The Hall–Kier alpha value is -0.740. The van der Waals surface area contributed by atoms with Crippen molar-refractivity contribution in [2.45, 2.75) is 49.0 Å².